The van der Waals surface area contributed by atoms with E-state index in [9.17, 15) is 22.0 Å². The lowest BCUT2D eigenvalue weighted by atomic mass is 10.1. The average Bonchev–Trinajstić information content (AvgIpc) is 2.23. The van der Waals surface area contributed by atoms with Crippen molar-refractivity contribution in [2.45, 2.75) is 0 Å². The van der Waals surface area contributed by atoms with Gasteiger partial charge in [0.1, 0.15) is 0 Å². The van der Waals surface area contributed by atoms with Gasteiger partial charge in [-0.3, -0.25) is 0 Å². The monoisotopic (exact) mass is 197 g/mol. The van der Waals surface area contributed by atoms with Crippen LogP contribution in [0, 0.1) is 29.1 Å². The fourth-order valence-electron chi connectivity index (χ4n) is 0.715. The summed E-state index contributed by atoms with van der Waals surface area (Å²) >= 11 is 0. The molecule has 0 aromatic heterocycles. The van der Waals surface area contributed by atoms with Gasteiger partial charge in [0, 0.05) is 0 Å². The van der Waals surface area contributed by atoms with E-state index in [0.29, 0.717) is 0 Å². The van der Waals surface area contributed by atoms with Crippen LogP contribution >= 0.6 is 0 Å². The summed E-state index contributed by atoms with van der Waals surface area (Å²) in [5.41, 5.74) is -1.57. The molecule has 0 fully saturated rings. The average molecular weight is 197 g/mol. The van der Waals surface area contributed by atoms with Crippen molar-refractivity contribution < 1.29 is 26.1 Å². The summed E-state index contributed by atoms with van der Waals surface area (Å²) in [5, 5.41) is 0. The predicted octanol–water partition coefficient (Wildman–Crippen LogP) is 3.03. The molecule has 0 amide bonds. The van der Waals surface area contributed by atoms with E-state index >= 15 is 0 Å². The number of hydrogen-bond acceptors (Lipinski definition) is 0. The third-order valence-electron chi connectivity index (χ3n) is 1.33. The van der Waals surface area contributed by atoms with Crippen molar-refractivity contribution in [3.8, 4) is 0 Å². The Morgan fingerprint density at radius 2 is 1.31 bits per heavy atom. The Hall–Kier alpha value is -1.39. The van der Waals surface area contributed by atoms with Crippen molar-refractivity contribution in [1.29, 1.82) is 0 Å². The molecule has 0 unspecified atom stereocenters. The highest BCUT2D eigenvalue weighted by Gasteiger charge is 2.23. The van der Waals surface area contributed by atoms with Crippen LogP contribution in [-0.2, 0) is 0 Å². The number of hydrogen-bond donors (Lipinski definition) is 0. The van der Waals surface area contributed by atoms with Crippen LogP contribution < -0.4 is 0 Å². The second kappa shape index (κ2) is 3.16. The van der Waals surface area contributed by atoms with Crippen LogP contribution in [0.4, 0.5) is 22.0 Å². The third kappa shape index (κ3) is 1.30. The van der Waals surface area contributed by atoms with Gasteiger partial charge in [-0.25, -0.2) is 22.0 Å². The third-order valence-corrected chi connectivity index (χ3v) is 1.33. The molecule has 0 saturated carbocycles. The van der Waals surface area contributed by atoms with Crippen molar-refractivity contribution in [3.05, 3.63) is 41.2 Å². The molecule has 1 aromatic rings. The van der Waals surface area contributed by atoms with Gasteiger partial charge in [-0.1, -0.05) is 12.6 Å². The molecule has 13 heavy (non-hydrogen) atoms. The lowest BCUT2D eigenvalue weighted by molar-refractivity contribution is 0.377. The van der Waals surface area contributed by atoms with Crippen molar-refractivity contribution in [3.63, 3.8) is 0 Å². The molecule has 1 aromatic carbocycles. The van der Waals surface area contributed by atoms with Crippen LogP contribution in [-0.4, -0.2) is 0 Å². The maximum absolute atomic E-state index is 13.0. The van der Waals surface area contributed by atoms with E-state index in [1.54, 1.807) is 0 Å². The maximum Gasteiger partial charge on any atom is 0.200 e. The molecule has 0 bridgehead atoms. The highest BCUT2D eigenvalue weighted by molar-refractivity contribution is 5.49. The van der Waals surface area contributed by atoms with Gasteiger partial charge < -0.3 is 0 Å². The highest BCUT2D eigenvalue weighted by atomic mass is 19.2. The Kier molecular flexibility index (Phi) is 1.49. The van der Waals surface area contributed by atoms with Gasteiger partial charge in [0.25, 0.3) is 0 Å². The number of benzene rings is 1. The second-order valence-electron chi connectivity index (χ2n) is 2.07. The van der Waals surface area contributed by atoms with Crippen LogP contribution in [0.3, 0.4) is 0 Å². The highest BCUT2D eigenvalue weighted by Crippen LogP contribution is 2.23. The smallest absolute Gasteiger partial charge is 0.200 e. The first-order valence-corrected chi connectivity index (χ1v) is 2.94. The zero-order valence-electron chi connectivity index (χ0n) is 8.89. The molecule has 0 aliphatic carbocycles. The van der Waals surface area contributed by atoms with Crippen LogP contribution in [0.25, 0.3) is 6.05 Å². The van der Waals surface area contributed by atoms with E-state index in [0.717, 1.165) is 0 Å². The molecule has 0 aliphatic rings. The standard InChI is InChI=1S/C8H3F5/c1-2-3-4(9)6(11)8(13)7(12)5(3)10/h2H,1H2/i1D2,2D. The van der Waals surface area contributed by atoms with Crippen LogP contribution in [0.2, 0.25) is 0 Å². The van der Waals surface area contributed by atoms with Crippen molar-refractivity contribution in [2.75, 3.05) is 0 Å². The zero-order valence-corrected chi connectivity index (χ0v) is 5.89. The maximum atomic E-state index is 13.0. The Morgan fingerprint density at radius 3 is 1.69 bits per heavy atom. The molecular weight excluding hydrogens is 191 g/mol. The Balaban J connectivity index is 3.72. The zero-order chi connectivity index (χ0) is 12.6. The van der Waals surface area contributed by atoms with E-state index in [2.05, 4.69) is 0 Å². The summed E-state index contributed by atoms with van der Waals surface area (Å²) in [7, 11) is 0. The van der Waals surface area contributed by atoms with E-state index < -0.39 is 47.2 Å². The minimum Gasteiger partial charge on any atom is -0.203 e. The van der Waals surface area contributed by atoms with Crippen molar-refractivity contribution >= 4 is 6.05 Å². The molecule has 1 rings (SSSR count). The summed E-state index contributed by atoms with van der Waals surface area (Å²) in [4.78, 5) is 0. The van der Waals surface area contributed by atoms with Crippen LogP contribution in [0.15, 0.2) is 6.53 Å². The summed E-state index contributed by atoms with van der Waals surface area (Å²) < 4.78 is 83.9. The first-order chi connectivity index (χ1) is 7.29. The summed E-state index contributed by atoms with van der Waals surface area (Å²) in [6.45, 7) is -1.36. The molecule has 0 heterocycles. The predicted molar refractivity (Wildman–Crippen MR) is 36.3 cm³/mol. The molecule has 5 heteroatoms. The van der Waals surface area contributed by atoms with E-state index in [4.69, 9.17) is 4.11 Å². The van der Waals surface area contributed by atoms with Gasteiger partial charge in [0.2, 0.25) is 5.82 Å². The van der Waals surface area contributed by atoms with Crippen LogP contribution in [0.1, 0.15) is 9.68 Å². The van der Waals surface area contributed by atoms with Gasteiger partial charge in [-0.2, -0.15) is 0 Å². The van der Waals surface area contributed by atoms with E-state index in [1.807, 2.05) is 0 Å². The van der Waals surface area contributed by atoms with E-state index in [1.165, 1.54) is 0 Å². The Labute approximate surface area is 74.5 Å². The lowest BCUT2D eigenvalue weighted by Crippen LogP contribution is -2.03. The van der Waals surface area contributed by atoms with Gasteiger partial charge in [0.15, 0.2) is 23.3 Å². The van der Waals surface area contributed by atoms with Crippen molar-refractivity contribution in [1.82, 2.24) is 0 Å². The molecule has 0 spiro atoms. The summed E-state index contributed by atoms with van der Waals surface area (Å²) in [6.07, 6.45) is 0. The van der Waals surface area contributed by atoms with Gasteiger partial charge in [-0.05, 0) is 0 Å². The van der Waals surface area contributed by atoms with Gasteiger partial charge >= 0.3 is 0 Å². The fraction of sp³-hybridized carbons (Fsp3) is 0. The molecule has 70 valence electrons. The van der Waals surface area contributed by atoms with Crippen molar-refractivity contribution in [2.24, 2.45) is 0 Å². The Morgan fingerprint density at radius 1 is 0.923 bits per heavy atom. The molecule has 0 nitrogen and oxygen atoms in total. The molecule has 0 aliphatic heterocycles. The SMILES string of the molecule is [2H]C([2H])=C([2H])c1c(F)c(F)c(F)c(F)c1F. The molecule has 0 atom stereocenters. The lowest BCUT2D eigenvalue weighted by Gasteiger charge is -2.02. The second-order valence-corrected chi connectivity index (χ2v) is 2.07. The summed E-state index contributed by atoms with van der Waals surface area (Å²) in [5.74, 6) is -11.2. The molecule has 0 saturated heterocycles. The van der Waals surface area contributed by atoms with E-state index in [-0.39, 0.29) is 0 Å². The quantitative estimate of drug-likeness (QED) is 0.368. The van der Waals surface area contributed by atoms with Gasteiger partial charge in [-0.15, -0.1) is 0 Å². The van der Waals surface area contributed by atoms with Crippen LogP contribution in [0.5, 0.6) is 0 Å². The minimum atomic E-state index is -2.34. The normalized spacial score (nSPS) is 13.2. The first kappa shape index (κ1) is 6.12. The molecular formula is C8H3F5. The fourth-order valence-corrected chi connectivity index (χ4v) is 0.715. The molecule has 0 radical (unpaired) electrons. The Bertz CT molecular complexity index is 450. The van der Waals surface area contributed by atoms with Gasteiger partial charge in [0.05, 0.1) is 9.68 Å². The first-order valence-electron chi connectivity index (χ1n) is 4.44. The number of rotatable bonds is 1. The molecule has 0 N–H and O–H groups in total. The topological polar surface area (TPSA) is 0 Å². The number of halogens is 5. The largest absolute Gasteiger partial charge is 0.203 e. The summed E-state index contributed by atoms with van der Waals surface area (Å²) in [6, 6.07) is -1.38. The minimum absolute atomic E-state index is 1.36.